The summed E-state index contributed by atoms with van der Waals surface area (Å²) in [7, 11) is 0. The number of piperidine rings is 1. The van der Waals surface area contributed by atoms with Gasteiger partial charge in [-0.25, -0.2) is 0 Å². The van der Waals surface area contributed by atoms with Crippen molar-refractivity contribution < 1.29 is 14.6 Å². The van der Waals surface area contributed by atoms with E-state index in [1.165, 1.54) is 0 Å². The SMILES string of the molecule is Cl.O[C@@H]1[C@H](CF)CNC[C@H]1O. The van der Waals surface area contributed by atoms with Gasteiger partial charge in [0.1, 0.15) is 0 Å². The van der Waals surface area contributed by atoms with Crippen LogP contribution in [0.25, 0.3) is 0 Å². The first-order chi connectivity index (χ1) is 4.75. The third-order valence-electron chi connectivity index (χ3n) is 1.84. The summed E-state index contributed by atoms with van der Waals surface area (Å²) < 4.78 is 12.0. The monoisotopic (exact) mass is 185 g/mol. The number of aliphatic hydroxyl groups is 2. The third kappa shape index (κ3) is 2.56. The first kappa shape index (κ1) is 11.1. The molecule has 0 radical (unpaired) electrons. The summed E-state index contributed by atoms with van der Waals surface area (Å²) in [5.74, 6) is -0.441. The van der Waals surface area contributed by atoms with Crippen LogP contribution in [0.1, 0.15) is 0 Å². The zero-order chi connectivity index (χ0) is 7.56. The highest BCUT2D eigenvalue weighted by Gasteiger charge is 2.29. The predicted octanol–water partition coefficient (Wildman–Crippen LogP) is -0.681. The Morgan fingerprint density at radius 2 is 2.00 bits per heavy atom. The maximum absolute atomic E-state index is 12.0. The molecule has 0 spiro atoms. The molecular formula is C6H13ClFNO2. The minimum Gasteiger partial charge on any atom is -0.390 e. The molecule has 1 aliphatic rings. The van der Waals surface area contributed by atoms with Gasteiger partial charge >= 0.3 is 0 Å². The molecule has 0 aromatic carbocycles. The van der Waals surface area contributed by atoms with Crippen LogP contribution in [0, 0.1) is 5.92 Å². The van der Waals surface area contributed by atoms with Gasteiger partial charge in [0.05, 0.1) is 18.9 Å². The van der Waals surface area contributed by atoms with Crippen LogP contribution >= 0.6 is 12.4 Å². The van der Waals surface area contributed by atoms with Gasteiger partial charge in [-0.15, -0.1) is 12.4 Å². The number of β-amino-alcohol motifs (C(OH)–C–C–N with tert-alkyl or cyclic N) is 1. The quantitative estimate of drug-likeness (QED) is 0.508. The van der Waals surface area contributed by atoms with Crippen molar-refractivity contribution in [3.8, 4) is 0 Å². The number of rotatable bonds is 1. The van der Waals surface area contributed by atoms with E-state index in [1.54, 1.807) is 0 Å². The zero-order valence-electron chi connectivity index (χ0n) is 6.03. The lowest BCUT2D eigenvalue weighted by molar-refractivity contribution is -0.0406. The minimum absolute atomic E-state index is 0. The Bertz CT molecular complexity index is 117. The van der Waals surface area contributed by atoms with Crippen molar-refractivity contribution in [2.75, 3.05) is 19.8 Å². The number of hydrogen-bond acceptors (Lipinski definition) is 3. The molecule has 0 saturated carbocycles. The topological polar surface area (TPSA) is 52.5 Å². The molecule has 3 nitrogen and oxygen atoms in total. The lowest BCUT2D eigenvalue weighted by Gasteiger charge is -2.30. The number of alkyl halides is 1. The normalized spacial score (nSPS) is 37.9. The molecule has 0 aromatic rings. The Morgan fingerprint density at radius 3 is 2.45 bits per heavy atom. The van der Waals surface area contributed by atoms with E-state index >= 15 is 0 Å². The highest BCUT2D eigenvalue weighted by molar-refractivity contribution is 5.85. The van der Waals surface area contributed by atoms with Crippen LogP contribution in [0.5, 0.6) is 0 Å². The van der Waals surface area contributed by atoms with Gasteiger partial charge in [0, 0.05) is 19.0 Å². The highest BCUT2D eigenvalue weighted by atomic mass is 35.5. The molecule has 1 fully saturated rings. The maximum Gasteiger partial charge on any atom is 0.0960 e. The molecule has 3 atom stereocenters. The number of aliphatic hydroxyl groups excluding tert-OH is 2. The van der Waals surface area contributed by atoms with E-state index in [0.29, 0.717) is 13.1 Å². The average Bonchev–Trinajstić information content (AvgIpc) is 1.95. The smallest absolute Gasteiger partial charge is 0.0960 e. The molecule has 0 aromatic heterocycles. The van der Waals surface area contributed by atoms with Crippen LogP contribution in [-0.4, -0.2) is 42.2 Å². The van der Waals surface area contributed by atoms with Crippen molar-refractivity contribution in [1.82, 2.24) is 5.32 Å². The van der Waals surface area contributed by atoms with Gasteiger partial charge in [-0.1, -0.05) is 0 Å². The van der Waals surface area contributed by atoms with Crippen molar-refractivity contribution in [2.45, 2.75) is 12.2 Å². The van der Waals surface area contributed by atoms with Gasteiger partial charge in [-0.3, -0.25) is 4.39 Å². The highest BCUT2D eigenvalue weighted by Crippen LogP contribution is 2.11. The van der Waals surface area contributed by atoms with E-state index in [9.17, 15) is 4.39 Å². The van der Waals surface area contributed by atoms with Crippen LogP contribution in [0.2, 0.25) is 0 Å². The number of nitrogens with one attached hydrogen (secondary N) is 1. The first-order valence-corrected chi connectivity index (χ1v) is 3.38. The fourth-order valence-electron chi connectivity index (χ4n) is 1.12. The molecular weight excluding hydrogens is 173 g/mol. The molecule has 1 saturated heterocycles. The molecule has 68 valence electrons. The van der Waals surface area contributed by atoms with Gasteiger partial charge in [0.25, 0.3) is 0 Å². The minimum atomic E-state index is -0.897. The van der Waals surface area contributed by atoms with Crippen LogP contribution in [0.4, 0.5) is 4.39 Å². The summed E-state index contributed by atoms with van der Waals surface area (Å²) in [6.07, 6.45) is -1.71. The molecule has 0 unspecified atom stereocenters. The van der Waals surface area contributed by atoms with Gasteiger partial charge in [0.2, 0.25) is 0 Å². The second-order valence-electron chi connectivity index (χ2n) is 2.63. The summed E-state index contributed by atoms with van der Waals surface area (Å²) >= 11 is 0. The Morgan fingerprint density at radius 1 is 1.36 bits per heavy atom. The van der Waals surface area contributed by atoms with Gasteiger partial charge in [-0.05, 0) is 0 Å². The number of halogens is 2. The maximum atomic E-state index is 12.0. The van der Waals surface area contributed by atoms with E-state index in [0.717, 1.165) is 0 Å². The van der Waals surface area contributed by atoms with E-state index in [1.807, 2.05) is 0 Å². The molecule has 1 rings (SSSR count). The predicted molar refractivity (Wildman–Crippen MR) is 41.6 cm³/mol. The molecule has 5 heteroatoms. The van der Waals surface area contributed by atoms with Crippen molar-refractivity contribution in [2.24, 2.45) is 5.92 Å². The van der Waals surface area contributed by atoms with Crippen LogP contribution in [0.15, 0.2) is 0 Å². The second-order valence-corrected chi connectivity index (χ2v) is 2.63. The Labute approximate surface area is 71.0 Å². The van der Waals surface area contributed by atoms with Gasteiger partial charge in [0.15, 0.2) is 0 Å². The van der Waals surface area contributed by atoms with Crippen molar-refractivity contribution >= 4 is 12.4 Å². The van der Waals surface area contributed by atoms with E-state index in [-0.39, 0.29) is 12.4 Å². The first-order valence-electron chi connectivity index (χ1n) is 3.38. The van der Waals surface area contributed by atoms with Gasteiger partial charge in [-0.2, -0.15) is 0 Å². The molecule has 1 heterocycles. The molecule has 3 N–H and O–H groups in total. The Hall–Kier alpha value is 0.1000. The lowest BCUT2D eigenvalue weighted by atomic mass is 9.95. The molecule has 0 amide bonds. The largest absolute Gasteiger partial charge is 0.390 e. The summed E-state index contributed by atoms with van der Waals surface area (Å²) in [4.78, 5) is 0. The van der Waals surface area contributed by atoms with Crippen LogP contribution < -0.4 is 5.32 Å². The standard InChI is InChI=1S/C6H12FNO2.ClH/c7-1-4-2-8-3-5(9)6(4)10;/h4-6,8-10H,1-3H2;1H/t4-,5-,6-;/m1./s1. The lowest BCUT2D eigenvalue weighted by Crippen LogP contribution is -2.51. The molecule has 0 aliphatic carbocycles. The Kier molecular flexibility index (Phi) is 4.92. The summed E-state index contributed by atoms with van der Waals surface area (Å²) in [6, 6.07) is 0. The zero-order valence-corrected chi connectivity index (χ0v) is 6.85. The molecule has 1 aliphatic heterocycles. The Balaban J connectivity index is 0.000001000. The summed E-state index contributed by atoms with van der Waals surface area (Å²) in [5.41, 5.74) is 0. The van der Waals surface area contributed by atoms with Crippen molar-refractivity contribution in [3.05, 3.63) is 0 Å². The second kappa shape index (κ2) is 4.87. The summed E-state index contributed by atoms with van der Waals surface area (Å²) in [6.45, 7) is 0.234. The van der Waals surface area contributed by atoms with Crippen LogP contribution in [0.3, 0.4) is 0 Å². The van der Waals surface area contributed by atoms with Crippen molar-refractivity contribution in [1.29, 1.82) is 0 Å². The van der Waals surface area contributed by atoms with E-state index in [4.69, 9.17) is 10.2 Å². The fourth-order valence-corrected chi connectivity index (χ4v) is 1.12. The average molecular weight is 186 g/mol. The summed E-state index contributed by atoms with van der Waals surface area (Å²) in [5, 5.41) is 20.9. The third-order valence-corrected chi connectivity index (χ3v) is 1.84. The van der Waals surface area contributed by atoms with E-state index < -0.39 is 24.8 Å². The number of hydrogen-bond donors (Lipinski definition) is 3. The van der Waals surface area contributed by atoms with Crippen LogP contribution in [-0.2, 0) is 0 Å². The molecule has 11 heavy (non-hydrogen) atoms. The van der Waals surface area contributed by atoms with E-state index in [2.05, 4.69) is 5.32 Å². The van der Waals surface area contributed by atoms with Crippen molar-refractivity contribution in [3.63, 3.8) is 0 Å². The fraction of sp³-hybridized carbons (Fsp3) is 1.00. The molecule has 0 bridgehead atoms. The van der Waals surface area contributed by atoms with Gasteiger partial charge < -0.3 is 15.5 Å².